The molecule has 0 saturated carbocycles. The van der Waals surface area contributed by atoms with Gasteiger partial charge in [-0.1, -0.05) is 92.4 Å². The summed E-state index contributed by atoms with van der Waals surface area (Å²) in [5.41, 5.74) is 0. The van der Waals surface area contributed by atoms with E-state index in [9.17, 15) is 0 Å². The molecule has 0 aromatic carbocycles. The predicted octanol–water partition coefficient (Wildman–Crippen LogP) is 7.62. The van der Waals surface area contributed by atoms with E-state index < -0.39 is 5.79 Å². The minimum absolute atomic E-state index is 0.0964. The van der Waals surface area contributed by atoms with E-state index in [0.29, 0.717) is 13.2 Å². The van der Waals surface area contributed by atoms with Gasteiger partial charge in [0, 0.05) is 6.61 Å². The van der Waals surface area contributed by atoms with Crippen molar-refractivity contribution in [1.29, 1.82) is 0 Å². The average molecular weight is 413 g/mol. The van der Waals surface area contributed by atoms with Crippen molar-refractivity contribution in [3.05, 3.63) is 0 Å². The molecule has 0 unspecified atom stereocenters. The van der Waals surface area contributed by atoms with Crippen molar-refractivity contribution in [1.82, 2.24) is 0 Å². The molecule has 0 aromatic heterocycles. The van der Waals surface area contributed by atoms with Crippen molar-refractivity contribution in [2.45, 2.75) is 125 Å². The Labute approximate surface area is 182 Å². The van der Waals surface area contributed by atoms with Crippen LogP contribution >= 0.6 is 0 Å². The number of hydrogen-bond donors (Lipinski definition) is 0. The molecule has 0 radical (unpaired) electrons. The molecule has 1 aliphatic rings. The summed E-state index contributed by atoms with van der Waals surface area (Å²) < 4.78 is 17.2. The molecule has 0 aromatic rings. The highest BCUT2D eigenvalue weighted by Crippen LogP contribution is 2.24. The first kappa shape index (κ1) is 26.9. The van der Waals surface area contributed by atoms with E-state index in [1.54, 1.807) is 0 Å². The number of hydrogen-bond acceptors (Lipinski definition) is 3. The second kappa shape index (κ2) is 14.8. The van der Waals surface area contributed by atoms with E-state index in [-0.39, 0.29) is 6.10 Å². The van der Waals surface area contributed by atoms with Crippen LogP contribution < -0.4 is 0 Å². The Morgan fingerprint density at radius 2 is 1.24 bits per heavy atom. The normalized spacial score (nSPS) is 22.1. The molecule has 4 atom stereocenters. The Bertz CT molecular complexity index is 393. The van der Waals surface area contributed by atoms with Crippen molar-refractivity contribution in [3.63, 3.8) is 0 Å². The second-order valence-electron chi connectivity index (χ2n) is 10.8. The average Bonchev–Trinajstić information content (AvgIpc) is 2.97. The van der Waals surface area contributed by atoms with Crippen molar-refractivity contribution in [2.24, 2.45) is 23.7 Å². The van der Waals surface area contributed by atoms with Gasteiger partial charge in [-0.15, -0.1) is 0 Å². The van der Waals surface area contributed by atoms with Gasteiger partial charge in [0.05, 0.1) is 13.2 Å². The molecule has 0 amide bonds. The lowest BCUT2D eigenvalue weighted by Gasteiger charge is -2.18. The van der Waals surface area contributed by atoms with Gasteiger partial charge in [0.25, 0.3) is 0 Å². The van der Waals surface area contributed by atoms with E-state index in [1.165, 1.54) is 57.8 Å². The molecule has 0 N–H and O–H groups in total. The summed E-state index contributed by atoms with van der Waals surface area (Å²) in [7, 11) is 0. The van der Waals surface area contributed by atoms with Crippen LogP contribution in [-0.2, 0) is 14.2 Å². The van der Waals surface area contributed by atoms with Crippen LogP contribution in [-0.4, -0.2) is 31.7 Å². The first-order valence-electron chi connectivity index (χ1n) is 12.6. The predicted molar refractivity (Wildman–Crippen MR) is 124 cm³/mol. The van der Waals surface area contributed by atoms with E-state index in [0.717, 1.165) is 36.7 Å². The molecule has 3 heteroatoms. The highest BCUT2D eigenvalue weighted by molar-refractivity contribution is 4.70. The molecule has 174 valence electrons. The number of rotatable bonds is 17. The van der Waals surface area contributed by atoms with Crippen LogP contribution in [0.25, 0.3) is 0 Å². The van der Waals surface area contributed by atoms with Crippen molar-refractivity contribution in [2.75, 3.05) is 19.8 Å². The third-order valence-electron chi connectivity index (χ3n) is 6.39. The summed E-state index contributed by atoms with van der Waals surface area (Å²) in [4.78, 5) is 0. The van der Waals surface area contributed by atoms with Crippen LogP contribution in [0.4, 0.5) is 0 Å². The van der Waals surface area contributed by atoms with Gasteiger partial charge >= 0.3 is 0 Å². The van der Waals surface area contributed by atoms with Gasteiger partial charge < -0.3 is 14.2 Å². The Morgan fingerprint density at radius 3 is 1.69 bits per heavy atom. The zero-order valence-corrected chi connectivity index (χ0v) is 20.8. The summed E-state index contributed by atoms with van der Waals surface area (Å²) in [6.07, 6.45) is 13.8. The maximum absolute atomic E-state index is 5.82. The standard InChI is InChI=1S/C26H52O3/c1-21(2)11-8-12-22(3)13-9-14-23(4)15-10-16-24(5)17-18-27-19-25-20-28-26(6,7)29-25/h21-25H,8-20H2,1-7H3/t22-,23-,24+,25-/m1/s1. The highest BCUT2D eigenvalue weighted by Gasteiger charge is 2.32. The summed E-state index contributed by atoms with van der Waals surface area (Å²) >= 11 is 0. The molecule has 1 rings (SSSR count). The van der Waals surface area contributed by atoms with Crippen LogP contribution in [0.5, 0.6) is 0 Å². The fraction of sp³-hybridized carbons (Fsp3) is 1.00. The fourth-order valence-corrected chi connectivity index (χ4v) is 4.28. The Kier molecular flexibility index (Phi) is 13.7. The summed E-state index contributed by atoms with van der Waals surface area (Å²) in [6, 6.07) is 0. The third-order valence-corrected chi connectivity index (χ3v) is 6.39. The molecule has 3 nitrogen and oxygen atoms in total. The van der Waals surface area contributed by atoms with E-state index >= 15 is 0 Å². The molecule has 0 bridgehead atoms. The summed E-state index contributed by atoms with van der Waals surface area (Å²) in [6.45, 7) is 18.0. The molecular weight excluding hydrogens is 360 g/mol. The van der Waals surface area contributed by atoms with E-state index in [4.69, 9.17) is 14.2 Å². The third kappa shape index (κ3) is 14.5. The Balaban J connectivity index is 1.93. The maximum atomic E-state index is 5.82. The van der Waals surface area contributed by atoms with E-state index in [2.05, 4.69) is 34.6 Å². The molecule has 0 spiro atoms. The SMILES string of the molecule is CC(C)CCC[C@@H](C)CCC[C@@H](C)CCC[C@H](C)CCOC[C@@H]1COC(C)(C)O1. The molecule has 1 saturated heterocycles. The van der Waals surface area contributed by atoms with Crippen molar-refractivity contribution < 1.29 is 14.2 Å². The first-order valence-corrected chi connectivity index (χ1v) is 12.6. The van der Waals surface area contributed by atoms with Crippen LogP contribution in [0.3, 0.4) is 0 Å². The van der Waals surface area contributed by atoms with Crippen LogP contribution in [0.1, 0.15) is 113 Å². The van der Waals surface area contributed by atoms with Crippen molar-refractivity contribution in [3.8, 4) is 0 Å². The molecule has 1 fully saturated rings. The van der Waals surface area contributed by atoms with Gasteiger partial charge in [-0.3, -0.25) is 0 Å². The Hall–Kier alpha value is -0.120. The van der Waals surface area contributed by atoms with Crippen LogP contribution in [0.2, 0.25) is 0 Å². The second-order valence-corrected chi connectivity index (χ2v) is 10.8. The minimum atomic E-state index is -0.441. The van der Waals surface area contributed by atoms with E-state index in [1.807, 2.05) is 13.8 Å². The minimum Gasteiger partial charge on any atom is -0.379 e. The van der Waals surface area contributed by atoms with Gasteiger partial charge in [0.2, 0.25) is 0 Å². The molecule has 1 heterocycles. The van der Waals surface area contributed by atoms with Gasteiger partial charge in [-0.05, 0) is 43.9 Å². The monoisotopic (exact) mass is 412 g/mol. The number of ether oxygens (including phenoxy) is 3. The molecule has 29 heavy (non-hydrogen) atoms. The lowest BCUT2D eigenvalue weighted by atomic mass is 9.91. The fourth-order valence-electron chi connectivity index (χ4n) is 4.28. The molecular formula is C26H52O3. The zero-order chi connectivity index (χ0) is 21.7. The summed E-state index contributed by atoms with van der Waals surface area (Å²) in [5.74, 6) is 2.96. The molecule has 0 aliphatic carbocycles. The maximum Gasteiger partial charge on any atom is 0.163 e. The lowest BCUT2D eigenvalue weighted by Crippen LogP contribution is -2.24. The van der Waals surface area contributed by atoms with Gasteiger partial charge in [-0.25, -0.2) is 0 Å². The van der Waals surface area contributed by atoms with Gasteiger partial charge in [0.1, 0.15) is 6.10 Å². The highest BCUT2D eigenvalue weighted by atomic mass is 16.7. The first-order chi connectivity index (χ1) is 13.7. The van der Waals surface area contributed by atoms with Gasteiger partial charge in [-0.2, -0.15) is 0 Å². The summed E-state index contributed by atoms with van der Waals surface area (Å²) in [5, 5.41) is 0. The quantitative estimate of drug-likeness (QED) is 0.230. The van der Waals surface area contributed by atoms with Crippen LogP contribution in [0.15, 0.2) is 0 Å². The van der Waals surface area contributed by atoms with Gasteiger partial charge in [0.15, 0.2) is 5.79 Å². The Morgan fingerprint density at radius 1 is 0.759 bits per heavy atom. The lowest BCUT2D eigenvalue weighted by molar-refractivity contribution is -0.145. The van der Waals surface area contributed by atoms with Crippen LogP contribution in [0, 0.1) is 23.7 Å². The largest absolute Gasteiger partial charge is 0.379 e. The van der Waals surface area contributed by atoms with Crippen molar-refractivity contribution >= 4 is 0 Å². The smallest absolute Gasteiger partial charge is 0.163 e. The topological polar surface area (TPSA) is 27.7 Å². The zero-order valence-electron chi connectivity index (χ0n) is 20.8. The molecule has 1 aliphatic heterocycles.